The van der Waals surface area contributed by atoms with Gasteiger partial charge >= 0.3 is 0 Å². The van der Waals surface area contributed by atoms with E-state index in [-0.39, 0.29) is 0 Å². The molecule has 0 fully saturated rings. The van der Waals surface area contributed by atoms with Crippen molar-refractivity contribution in [3.8, 4) is 0 Å². The van der Waals surface area contributed by atoms with E-state index in [1.54, 1.807) is 12.1 Å². The molecule has 2 heterocycles. The van der Waals surface area contributed by atoms with Crippen LogP contribution in [0.3, 0.4) is 0 Å². The van der Waals surface area contributed by atoms with E-state index in [2.05, 4.69) is 21.1 Å². The third-order valence-corrected chi connectivity index (χ3v) is 5.40. The number of anilines is 3. The number of hydrogen-bond acceptors (Lipinski definition) is 4. The number of sulfonamides is 1. The second-order valence-corrected chi connectivity index (χ2v) is 8.72. The predicted molar refractivity (Wildman–Crippen MR) is 119 cm³/mol. The topological polar surface area (TPSA) is 86.9 Å². The highest BCUT2D eigenvalue weighted by atomic mass is 32.2. The summed E-state index contributed by atoms with van der Waals surface area (Å²) < 4.78 is 25.3. The third-order valence-electron chi connectivity index (χ3n) is 4.79. The fourth-order valence-corrected chi connectivity index (χ4v) is 4.14. The summed E-state index contributed by atoms with van der Waals surface area (Å²) in [5.41, 5.74) is 6.09. The molecule has 0 spiro atoms. The Labute approximate surface area is 167 Å². The molecular weight excluding hydrogens is 384 g/mol. The Balaban J connectivity index is 1.66. The van der Waals surface area contributed by atoms with Crippen LogP contribution in [-0.4, -0.2) is 24.6 Å². The average Bonchev–Trinajstić information content (AvgIpc) is 3.07. The zero-order valence-corrected chi connectivity index (χ0v) is 16.4. The van der Waals surface area contributed by atoms with E-state index < -0.39 is 10.0 Å². The zero-order chi connectivity index (χ0) is 20.0. The molecule has 5 aromatic rings. The van der Waals surface area contributed by atoms with Crippen LogP contribution in [0.2, 0.25) is 0 Å². The van der Waals surface area contributed by atoms with E-state index in [0.717, 1.165) is 50.5 Å². The summed E-state index contributed by atoms with van der Waals surface area (Å²) in [6.07, 6.45) is 1.13. The van der Waals surface area contributed by atoms with Crippen LogP contribution in [0, 0.1) is 0 Å². The number of H-pyrrole nitrogens is 1. The number of benzene rings is 3. The van der Waals surface area contributed by atoms with Crippen molar-refractivity contribution in [1.82, 2.24) is 9.97 Å². The fourth-order valence-electron chi connectivity index (χ4n) is 3.57. The van der Waals surface area contributed by atoms with Crippen LogP contribution in [-0.2, 0) is 10.0 Å². The standard InChI is InChI=1S/C22H18N4O2S/c1-29(27,28)26-15-12-10-14(11-13-15)23-20-16-6-2-4-8-18(16)24-21-17-7-3-5-9-19(17)25-22(20)21/h2-13,25-26H,1H3,(H,23,24). The summed E-state index contributed by atoms with van der Waals surface area (Å²) in [7, 11) is -3.31. The maximum absolute atomic E-state index is 11.4. The summed E-state index contributed by atoms with van der Waals surface area (Å²) in [6.45, 7) is 0. The van der Waals surface area contributed by atoms with Gasteiger partial charge in [-0.05, 0) is 36.4 Å². The molecule has 3 aromatic carbocycles. The van der Waals surface area contributed by atoms with Crippen LogP contribution >= 0.6 is 0 Å². The Hall–Kier alpha value is -3.58. The number of aromatic amines is 1. The van der Waals surface area contributed by atoms with Gasteiger partial charge in [0.1, 0.15) is 0 Å². The first-order valence-electron chi connectivity index (χ1n) is 9.12. The molecule has 0 bridgehead atoms. The minimum atomic E-state index is -3.31. The Kier molecular flexibility index (Phi) is 3.92. The van der Waals surface area contributed by atoms with Gasteiger partial charge in [0.05, 0.1) is 28.5 Å². The second kappa shape index (κ2) is 6.49. The predicted octanol–water partition coefficient (Wildman–Crippen LogP) is 4.98. The van der Waals surface area contributed by atoms with Crippen LogP contribution in [0.25, 0.3) is 32.8 Å². The first-order chi connectivity index (χ1) is 14.0. The minimum absolute atomic E-state index is 0.522. The lowest BCUT2D eigenvalue weighted by atomic mass is 10.1. The van der Waals surface area contributed by atoms with Crippen molar-refractivity contribution in [2.45, 2.75) is 0 Å². The molecule has 3 N–H and O–H groups in total. The third kappa shape index (κ3) is 3.25. The molecule has 0 unspecified atom stereocenters. The monoisotopic (exact) mass is 402 g/mol. The Bertz CT molecular complexity index is 1470. The number of aromatic nitrogens is 2. The zero-order valence-electron chi connectivity index (χ0n) is 15.6. The van der Waals surface area contributed by atoms with Crippen molar-refractivity contribution in [2.75, 3.05) is 16.3 Å². The van der Waals surface area contributed by atoms with E-state index in [1.807, 2.05) is 54.6 Å². The maximum atomic E-state index is 11.4. The molecule has 0 saturated carbocycles. The summed E-state index contributed by atoms with van der Waals surface area (Å²) in [4.78, 5) is 8.36. The number of pyridine rings is 1. The van der Waals surface area contributed by atoms with Crippen molar-refractivity contribution >= 4 is 59.9 Å². The van der Waals surface area contributed by atoms with E-state index in [1.165, 1.54) is 0 Å². The number of nitrogens with zero attached hydrogens (tertiary/aromatic N) is 1. The average molecular weight is 402 g/mol. The van der Waals surface area contributed by atoms with Crippen molar-refractivity contribution in [3.63, 3.8) is 0 Å². The first kappa shape index (κ1) is 17.5. The minimum Gasteiger partial charge on any atom is -0.353 e. The molecule has 0 saturated heterocycles. The van der Waals surface area contributed by atoms with E-state index >= 15 is 0 Å². The number of hydrogen-bond donors (Lipinski definition) is 3. The molecular formula is C22H18N4O2S. The fraction of sp³-hybridized carbons (Fsp3) is 0.0455. The molecule has 29 heavy (non-hydrogen) atoms. The van der Waals surface area contributed by atoms with Gasteiger partial charge in [0.15, 0.2) is 0 Å². The number of rotatable bonds is 4. The first-order valence-corrected chi connectivity index (χ1v) is 11.0. The van der Waals surface area contributed by atoms with E-state index in [0.29, 0.717) is 5.69 Å². The van der Waals surface area contributed by atoms with Gasteiger partial charge in [-0.3, -0.25) is 4.72 Å². The lowest BCUT2D eigenvalue weighted by Gasteiger charge is -2.12. The molecule has 5 rings (SSSR count). The molecule has 0 aliphatic rings. The van der Waals surface area contributed by atoms with Crippen molar-refractivity contribution in [1.29, 1.82) is 0 Å². The molecule has 0 aliphatic carbocycles. The Morgan fingerprint density at radius 2 is 1.48 bits per heavy atom. The maximum Gasteiger partial charge on any atom is 0.229 e. The summed E-state index contributed by atoms with van der Waals surface area (Å²) in [5.74, 6) is 0. The molecule has 0 atom stereocenters. The van der Waals surface area contributed by atoms with Gasteiger partial charge in [-0.25, -0.2) is 13.4 Å². The second-order valence-electron chi connectivity index (χ2n) is 6.97. The van der Waals surface area contributed by atoms with Crippen molar-refractivity contribution < 1.29 is 8.42 Å². The highest BCUT2D eigenvalue weighted by Crippen LogP contribution is 2.36. The van der Waals surface area contributed by atoms with Crippen LogP contribution < -0.4 is 10.0 Å². The van der Waals surface area contributed by atoms with Gasteiger partial charge in [-0.15, -0.1) is 0 Å². The van der Waals surface area contributed by atoms with Crippen molar-refractivity contribution in [2.24, 2.45) is 0 Å². The number of nitrogens with one attached hydrogen (secondary N) is 3. The molecule has 6 nitrogen and oxygen atoms in total. The quantitative estimate of drug-likeness (QED) is 0.395. The lowest BCUT2D eigenvalue weighted by Crippen LogP contribution is -2.09. The molecule has 0 aliphatic heterocycles. The smallest absolute Gasteiger partial charge is 0.229 e. The lowest BCUT2D eigenvalue weighted by molar-refractivity contribution is 0.607. The van der Waals surface area contributed by atoms with Gasteiger partial charge in [0.25, 0.3) is 0 Å². The van der Waals surface area contributed by atoms with Gasteiger partial charge in [-0.2, -0.15) is 0 Å². The normalized spacial score (nSPS) is 11.9. The van der Waals surface area contributed by atoms with Crippen molar-refractivity contribution in [3.05, 3.63) is 72.8 Å². The van der Waals surface area contributed by atoms with E-state index in [9.17, 15) is 8.42 Å². The Morgan fingerprint density at radius 3 is 2.24 bits per heavy atom. The van der Waals surface area contributed by atoms with Crippen LogP contribution in [0.5, 0.6) is 0 Å². The van der Waals surface area contributed by atoms with Gasteiger partial charge in [0.2, 0.25) is 10.0 Å². The number of para-hydroxylation sites is 2. The van der Waals surface area contributed by atoms with E-state index in [4.69, 9.17) is 4.98 Å². The molecule has 7 heteroatoms. The highest BCUT2D eigenvalue weighted by Gasteiger charge is 2.14. The van der Waals surface area contributed by atoms with Crippen LogP contribution in [0.1, 0.15) is 0 Å². The highest BCUT2D eigenvalue weighted by molar-refractivity contribution is 7.92. The molecule has 144 valence electrons. The molecule has 2 aromatic heterocycles. The van der Waals surface area contributed by atoms with Gasteiger partial charge < -0.3 is 10.3 Å². The molecule has 0 amide bonds. The SMILES string of the molecule is CS(=O)(=O)Nc1ccc(Nc2c3ccccc3nc3c2[nH]c2ccccc23)cc1. The molecule has 0 radical (unpaired) electrons. The van der Waals surface area contributed by atoms with Crippen LogP contribution in [0.4, 0.5) is 17.1 Å². The van der Waals surface area contributed by atoms with Gasteiger partial charge in [0, 0.05) is 27.7 Å². The number of fused-ring (bicyclic) bond motifs is 4. The Morgan fingerprint density at radius 1 is 0.828 bits per heavy atom. The van der Waals surface area contributed by atoms with Crippen LogP contribution in [0.15, 0.2) is 72.8 Å². The largest absolute Gasteiger partial charge is 0.353 e. The summed E-state index contributed by atoms with van der Waals surface area (Å²) in [6, 6.07) is 23.3. The summed E-state index contributed by atoms with van der Waals surface area (Å²) in [5, 5.41) is 5.57. The summed E-state index contributed by atoms with van der Waals surface area (Å²) >= 11 is 0. The van der Waals surface area contributed by atoms with Gasteiger partial charge in [-0.1, -0.05) is 36.4 Å².